The van der Waals surface area contributed by atoms with E-state index in [1.165, 1.54) is 0 Å². The summed E-state index contributed by atoms with van der Waals surface area (Å²) in [7, 11) is 1.65. The van der Waals surface area contributed by atoms with Crippen molar-refractivity contribution in [1.82, 2.24) is 0 Å². The second-order valence-electron chi connectivity index (χ2n) is 4.17. The van der Waals surface area contributed by atoms with Crippen LogP contribution in [0.1, 0.15) is 24.3 Å². The highest BCUT2D eigenvalue weighted by Gasteiger charge is 2.11. The summed E-state index contributed by atoms with van der Waals surface area (Å²) in [5, 5.41) is 0. The van der Waals surface area contributed by atoms with Gasteiger partial charge in [0.05, 0.1) is 0 Å². The quantitative estimate of drug-likeness (QED) is 0.734. The van der Waals surface area contributed by atoms with E-state index in [2.05, 4.69) is 0 Å². The van der Waals surface area contributed by atoms with Crippen molar-refractivity contribution in [3.63, 3.8) is 0 Å². The minimum Gasteiger partial charge on any atom is -0.461 e. The zero-order valence-electron chi connectivity index (χ0n) is 11.2. The van der Waals surface area contributed by atoms with Gasteiger partial charge >= 0.3 is 0 Å². The number of hydrogen-bond donors (Lipinski definition) is 0. The number of allylic oxidation sites excluding steroid dienone is 1. The third-order valence-corrected chi connectivity index (χ3v) is 2.75. The predicted octanol–water partition coefficient (Wildman–Crippen LogP) is 4.44. The van der Waals surface area contributed by atoms with E-state index in [0.717, 1.165) is 16.9 Å². The fourth-order valence-corrected chi connectivity index (χ4v) is 1.87. The Morgan fingerprint density at radius 2 is 1.79 bits per heavy atom. The molecule has 98 valence electrons. The lowest BCUT2D eigenvalue weighted by molar-refractivity contribution is -0.0562. The molecular weight excluding hydrogens is 236 g/mol. The second-order valence-corrected chi connectivity index (χ2v) is 4.17. The normalized spacial score (nSPS) is 12.5. The zero-order chi connectivity index (χ0) is 13.5. The molecule has 2 aromatic carbocycles. The molecule has 0 spiro atoms. The van der Waals surface area contributed by atoms with Gasteiger partial charge in [-0.25, -0.2) is 0 Å². The van der Waals surface area contributed by atoms with Crippen LogP contribution < -0.4 is 4.74 Å². The summed E-state index contributed by atoms with van der Waals surface area (Å²) in [5.41, 5.74) is 2.12. The van der Waals surface area contributed by atoms with Crippen LogP contribution in [0.15, 0.2) is 60.7 Å². The Morgan fingerprint density at radius 3 is 2.47 bits per heavy atom. The zero-order valence-corrected chi connectivity index (χ0v) is 11.2. The van der Waals surface area contributed by atoms with Crippen molar-refractivity contribution in [1.29, 1.82) is 0 Å². The highest BCUT2D eigenvalue weighted by molar-refractivity contribution is 5.51. The van der Waals surface area contributed by atoms with Crippen LogP contribution in [0, 0.1) is 0 Å². The molecule has 0 saturated heterocycles. The van der Waals surface area contributed by atoms with Crippen molar-refractivity contribution >= 4 is 6.08 Å². The van der Waals surface area contributed by atoms with E-state index in [4.69, 9.17) is 9.47 Å². The SMILES string of the molecule is CC=Cc1cccc(OC(OC)c2ccccc2)c1. The maximum atomic E-state index is 5.88. The van der Waals surface area contributed by atoms with Crippen LogP contribution in [0.3, 0.4) is 0 Å². The van der Waals surface area contributed by atoms with E-state index >= 15 is 0 Å². The van der Waals surface area contributed by atoms with Gasteiger partial charge in [-0.2, -0.15) is 0 Å². The first-order chi connectivity index (χ1) is 9.33. The molecule has 1 atom stereocenters. The molecular formula is C17H18O2. The smallest absolute Gasteiger partial charge is 0.226 e. The first kappa shape index (κ1) is 13.4. The Labute approximate surface area is 114 Å². The molecule has 2 heteroatoms. The van der Waals surface area contributed by atoms with Crippen molar-refractivity contribution in [2.45, 2.75) is 13.2 Å². The van der Waals surface area contributed by atoms with E-state index in [-0.39, 0.29) is 6.29 Å². The lowest BCUT2D eigenvalue weighted by Gasteiger charge is -2.18. The van der Waals surface area contributed by atoms with Gasteiger partial charge in [0.15, 0.2) is 0 Å². The summed E-state index contributed by atoms with van der Waals surface area (Å²) in [6.07, 6.45) is 3.66. The maximum Gasteiger partial charge on any atom is 0.226 e. The van der Waals surface area contributed by atoms with Crippen LogP contribution in [0.5, 0.6) is 5.75 Å². The average molecular weight is 254 g/mol. The van der Waals surface area contributed by atoms with Gasteiger partial charge in [0.2, 0.25) is 6.29 Å². The Morgan fingerprint density at radius 1 is 1.00 bits per heavy atom. The first-order valence-corrected chi connectivity index (χ1v) is 6.30. The lowest BCUT2D eigenvalue weighted by Crippen LogP contribution is -2.09. The molecule has 19 heavy (non-hydrogen) atoms. The molecule has 0 aliphatic rings. The van der Waals surface area contributed by atoms with Crippen molar-refractivity contribution in [3.8, 4) is 5.75 Å². The van der Waals surface area contributed by atoms with Crippen LogP contribution in [0.4, 0.5) is 0 Å². The highest BCUT2D eigenvalue weighted by Crippen LogP contribution is 2.23. The molecule has 1 unspecified atom stereocenters. The van der Waals surface area contributed by atoms with Crippen molar-refractivity contribution in [2.24, 2.45) is 0 Å². The minimum absolute atomic E-state index is 0.387. The van der Waals surface area contributed by atoms with Crippen molar-refractivity contribution < 1.29 is 9.47 Å². The van der Waals surface area contributed by atoms with Gasteiger partial charge in [0.25, 0.3) is 0 Å². The standard InChI is InChI=1S/C17H18O2/c1-3-8-14-9-7-12-16(13-14)19-17(18-2)15-10-5-4-6-11-15/h3-13,17H,1-2H3. The molecule has 0 bridgehead atoms. The van der Waals surface area contributed by atoms with Crippen LogP contribution in [-0.2, 0) is 4.74 Å². The highest BCUT2D eigenvalue weighted by atomic mass is 16.7. The largest absolute Gasteiger partial charge is 0.461 e. The molecule has 0 aliphatic carbocycles. The molecule has 0 fully saturated rings. The van der Waals surface area contributed by atoms with Gasteiger partial charge in [-0.1, -0.05) is 54.6 Å². The Hall–Kier alpha value is -2.06. The number of ether oxygens (including phenoxy) is 2. The number of benzene rings is 2. The van der Waals surface area contributed by atoms with Crippen LogP contribution in [0.25, 0.3) is 6.08 Å². The Balaban J connectivity index is 2.17. The van der Waals surface area contributed by atoms with Gasteiger partial charge in [-0.3, -0.25) is 0 Å². The second kappa shape index (κ2) is 6.76. The van der Waals surface area contributed by atoms with Gasteiger partial charge in [-0.15, -0.1) is 0 Å². The first-order valence-electron chi connectivity index (χ1n) is 6.30. The molecule has 2 nitrogen and oxygen atoms in total. The molecule has 0 saturated carbocycles. The van der Waals surface area contributed by atoms with Crippen LogP contribution in [-0.4, -0.2) is 7.11 Å². The van der Waals surface area contributed by atoms with E-state index in [9.17, 15) is 0 Å². The van der Waals surface area contributed by atoms with E-state index < -0.39 is 0 Å². The van der Waals surface area contributed by atoms with Crippen LogP contribution in [0.2, 0.25) is 0 Å². The van der Waals surface area contributed by atoms with Gasteiger partial charge < -0.3 is 9.47 Å². The lowest BCUT2D eigenvalue weighted by atomic mass is 10.2. The predicted molar refractivity (Wildman–Crippen MR) is 78.0 cm³/mol. The van der Waals surface area contributed by atoms with Crippen LogP contribution >= 0.6 is 0 Å². The maximum absolute atomic E-state index is 5.88. The molecule has 0 N–H and O–H groups in total. The molecule has 2 rings (SSSR count). The monoisotopic (exact) mass is 254 g/mol. The molecule has 0 amide bonds. The number of methoxy groups -OCH3 is 1. The number of rotatable bonds is 5. The molecule has 0 radical (unpaired) electrons. The number of hydrogen-bond acceptors (Lipinski definition) is 2. The fraction of sp³-hybridized carbons (Fsp3) is 0.176. The topological polar surface area (TPSA) is 18.5 Å². The fourth-order valence-electron chi connectivity index (χ4n) is 1.87. The third-order valence-electron chi connectivity index (χ3n) is 2.75. The Kier molecular flexibility index (Phi) is 4.76. The minimum atomic E-state index is -0.387. The molecule has 0 aliphatic heterocycles. The molecule has 0 heterocycles. The molecule has 2 aromatic rings. The summed E-state index contributed by atoms with van der Waals surface area (Å²) in [6.45, 7) is 2.00. The summed E-state index contributed by atoms with van der Waals surface area (Å²) < 4.78 is 11.3. The van der Waals surface area contributed by atoms with Gasteiger partial charge in [0, 0.05) is 12.7 Å². The van der Waals surface area contributed by atoms with Crippen molar-refractivity contribution in [3.05, 3.63) is 71.8 Å². The summed E-state index contributed by atoms with van der Waals surface area (Å²) in [5.74, 6) is 0.798. The van der Waals surface area contributed by atoms with E-state index in [0.29, 0.717) is 0 Å². The summed E-state index contributed by atoms with van der Waals surface area (Å²) in [6, 6.07) is 17.8. The summed E-state index contributed by atoms with van der Waals surface area (Å²) >= 11 is 0. The Bertz CT molecular complexity index is 532. The van der Waals surface area contributed by atoms with Crippen molar-refractivity contribution in [2.75, 3.05) is 7.11 Å². The molecule has 0 aromatic heterocycles. The van der Waals surface area contributed by atoms with Gasteiger partial charge in [-0.05, 0) is 24.6 Å². The van der Waals surface area contributed by atoms with Gasteiger partial charge in [0.1, 0.15) is 5.75 Å². The van der Waals surface area contributed by atoms with E-state index in [1.54, 1.807) is 7.11 Å². The third kappa shape index (κ3) is 3.70. The average Bonchev–Trinajstić information content (AvgIpc) is 2.46. The van der Waals surface area contributed by atoms with E-state index in [1.807, 2.05) is 73.7 Å². The summed E-state index contributed by atoms with van der Waals surface area (Å²) in [4.78, 5) is 0.